The molecule has 0 saturated carbocycles. The molecular weight excluding hydrogens is 234 g/mol. The highest BCUT2D eigenvalue weighted by atomic mass is 16.4. The van der Waals surface area contributed by atoms with Gasteiger partial charge in [-0.2, -0.15) is 5.10 Å². The number of aliphatic carboxylic acids is 1. The highest BCUT2D eigenvalue weighted by molar-refractivity contribution is 5.92. The summed E-state index contributed by atoms with van der Waals surface area (Å²) >= 11 is 0. The van der Waals surface area contributed by atoms with E-state index in [0.717, 1.165) is 12.1 Å². The summed E-state index contributed by atoms with van der Waals surface area (Å²) < 4.78 is 1.53. The lowest BCUT2D eigenvalue weighted by Crippen LogP contribution is -2.34. The fraction of sp³-hybridized carbons (Fsp3) is 0.583. The summed E-state index contributed by atoms with van der Waals surface area (Å²) in [5.41, 5.74) is 1.33. The zero-order valence-corrected chi connectivity index (χ0v) is 11.2. The van der Waals surface area contributed by atoms with Crippen LogP contribution in [0.25, 0.3) is 0 Å². The lowest BCUT2D eigenvalue weighted by atomic mass is 10.1. The van der Waals surface area contributed by atoms with Crippen molar-refractivity contribution in [3.05, 3.63) is 17.5 Å². The Labute approximate surface area is 106 Å². The monoisotopic (exact) mass is 253 g/mol. The van der Waals surface area contributed by atoms with Gasteiger partial charge in [0.05, 0.1) is 11.6 Å². The molecule has 0 radical (unpaired) electrons. The second-order valence-electron chi connectivity index (χ2n) is 4.42. The summed E-state index contributed by atoms with van der Waals surface area (Å²) in [6.45, 7) is 3.72. The first-order chi connectivity index (χ1) is 8.36. The molecule has 1 rings (SSSR count). The van der Waals surface area contributed by atoms with Crippen LogP contribution in [0.4, 0.5) is 0 Å². The smallest absolute Gasteiger partial charge is 0.308 e. The standard InChI is InChI=1S/C12H19N3O3/c1-5-9-6-10(15(4)13-9)11(16)14(3)7-8(2)12(17)18/h6,8H,5,7H2,1-4H3,(H,17,18). The second-order valence-corrected chi connectivity index (χ2v) is 4.42. The van der Waals surface area contributed by atoms with Gasteiger partial charge in [-0.15, -0.1) is 0 Å². The third-order valence-corrected chi connectivity index (χ3v) is 2.83. The van der Waals surface area contributed by atoms with Crippen LogP contribution in [0.1, 0.15) is 30.0 Å². The molecule has 1 heterocycles. The van der Waals surface area contributed by atoms with Crippen LogP contribution >= 0.6 is 0 Å². The van der Waals surface area contributed by atoms with Gasteiger partial charge >= 0.3 is 5.97 Å². The number of carboxylic acid groups (broad SMARTS) is 1. The largest absolute Gasteiger partial charge is 0.481 e. The number of carbonyl (C=O) groups excluding carboxylic acids is 1. The number of aryl methyl sites for hydroxylation is 2. The number of amides is 1. The molecule has 1 amide bonds. The van der Waals surface area contributed by atoms with Crippen molar-refractivity contribution in [1.29, 1.82) is 0 Å². The molecule has 100 valence electrons. The number of aromatic nitrogens is 2. The molecule has 0 aliphatic heterocycles. The van der Waals surface area contributed by atoms with Crippen LogP contribution in [0.15, 0.2) is 6.07 Å². The summed E-state index contributed by atoms with van der Waals surface area (Å²) in [6, 6.07) is 1.74. The van der Waals surface area contributed by atoms with Crippen molar-refractivity contribution in [2.24, 2.45) is 13.0 Å². The van der Waals surface area contributed by atoms with E-state index >= 15 is 0 Å². The van der Waals surface area contributed by atoms with Gasteiger partial charge in [0.1, 0.15) is 5.69 Å². The molecule has 0 fully saturated rings. The third kappa shape index (κ3) is 3.09. The van der Waals surface area contributed by atoms with Crippen molar-refractivity contribution < 1.29 is 14.7 Å². The molecule has 18 heavy (non-hydrogen) atoms. The first-order valence-electron chi connectivity index (χ1n) is 5.88. The predicted molar refractivity (Wildman–Crippen MR) is 66.3 cm³/mol. The maximum absolute atomic E-state index is 12.1. The van der Waals surface area contributed by atoms with Gasteiger partial charge in [0.2, 0.25) is 0 Å². The molecule has 1 unspecified atom stereocenters. The van der Waals surface area contributed by atoms with Gasteiger partial charge in [-0.25, -0.2) is 0 Å². The SMILES string of the molecule is CCc1cc(C(=O)N(C)CC(C)C(=O)O)n(C)n1. The average Bonchev–Trinajstić information content (AvgIpc) is 2.69. The first kappa shape index (κ1) is 14.2. The van der Waals surface area contributed by atoms with Crippen LogP contribution < -0.4 is 0 Å². The zero-order chi connectivity index (χ0) is 13.9. The molecule has 1 aromatic rings. The second kappa shape index (κ2) is 5.66. The van der Waals surface area contributed by atoms with Gasteiger partial charge in [-0.05, 0) is 12.5 Å². The molecule has 0 bridgehead atoms. The summed E-state index contributed by atoms with van der Waals surface area (Å²) in [7, 11) is 3.31. The van der Waals surface area contributed by atoms with E-state index in [9.17, 15) is 9.59 Å². The van der Waals surface area contributed by atoms with Gasteiger partial charge in [0.15, 0.2) is 0 Å². The van der Waals surface area contributed by atoms with Crippen LogP contribution in [0.3, 0.4) is 0 Å². The van der Waals surface area contributed by atoms with Crippen molar-refractivity contribution >= 4 is 11.9 Å². The molecule has 0 aliphatic rings. The number of nitrogens with zero attached hydrogens (tertiary/aromatic N) is 3. The highest BCUT2D eigenvalue weighted by Crippen LogP contribution is 2.08. The Bertz CT molecular complexity index is 453. The summed E-state index contributed by atoms with van der Waals surface area (Å²) in [6.07, 6.45) is 0.760. The van der Waals surface area contributed by atoms with Crippen molar-refractivity contribution in [3.63, 3.8) is 0 Å². The number of carboxylic acids is 1. The Morgan fingerprint density at radius 2 is 2.17 bits per heavy atom. The highest BCUT2D eigenvalue weighted by Gasteiger charge is 2.21. The van der Waals surface area contributed by atoms with E-state index in [1.54, 1.807) is 27.1 Å². The van der Waals surface area contributed by atoms with Crippen molar-refractivity contribution in [3.8, 4) is 0 Å². The molecular formula is C12H19N3O3. The normalized spacial score (nSPS) is 12.2. The fourth-order valence-corrected chi connectivity index (χ4v) is 1.67. The number of carbonyl (C=O) groups is 2. The Balaban J connectivity index is 2.79. The minimum absolute atomic E-state index is 0.181. The Morgan fingerprint density at radius 1 is 1.56 bits per heavy atom. The van der Waals surface area contributed by atoms with E-state index in [1.807, 2.05) is 6.92 Å². The molecule has 0 aliphatic carbocycles. The van der Waals surface area contributed by atoms with Gasteiger partial charge in [0.25, 0.3) is 5.91 Å². The van der Waals surface area contributed by atoms with Crippen LogP contribution in [0, 0.1) is 5.92 Å². The Morgan fingerprint density at radius 3 is 2.61 bits per heavy atom. The van der Waals surface area contributed by atoms with E-state index in [0.29, 0.717) is 5.69 Å². The number of hydrogen-bond acceptors (Lipinski definition) is 3. The topological polar surface area (TPSA) is 75.4 Å². The van der Waals surface area contributed by atoms with Crippen molar-refractivity contribution in [2.45, 2.75) is 20.3 Å². The number of rotatable bonds is 5. The molecule has 1 N–H and O–H groups in total. The van der Waals surface area contributed by atoms with Crippen LogP contribution in [0.5, 0.6) is 0 Å². The Hall–Kier alpha value is -1.85. The Kier molecular flexibility index (Phi) is 4.47. The van der Waals surface area contributed by atoms with Gasteiger partial charge in [-0.3, -0.25) is 14.3 Å². The predicted octanol–water partition coefficient (Wildman–Crippen LogP) is 0.775. The van der Waals surface area contributed by atoms with Gasteiger partial charge in [-0.1, -0.05) is 13.8 Å². The summed E-state index contributed by atoms with van der Waals surface area (Å²) in [4.78, 5) is 24.3. The van der Waals surface area contributed by atoms with Crippen LogP contribution in [-0.2, 0) is 18.3 Å². The van der Waals surface area contributed by atoms with E-state index in [2.05, 4.69) is 5.10 Å². The fourth-order valence-electron chi connectivity index (χ4n) is 1.67. The minimum Gasteiger partial charge on any atom is -0.481 e. The first-order valence-corrected chi connectivity index (χ1v) is 5.88. The molecule has 1 atom stereocenters. The van der Waals surface area contributed by atoms with E-state index in [-0.39, 0.29) is 12.5 Å². The molecule has 6 heteroatoms. The number of hydrogen-bond donors (Lipinski definition) is 1. The quantitative estimate of drug-likeness (QED) is 0.841. The van der Waals surface area contributed by atoms with E-state index < -0.39 is 11.9 Å². The third-order valence-electron chi connectivity index (χ3n) is 2.83. The lowest BCUT2D eigenvalue weighted by molar-refractivity contribution is -0.141. The molecule has 0 spiro atoms. The maximum Gasteiger partial charge on any atom is 0.308 e. The van der Waals surface area contributed by atoms with Crippen LogP contribution in [-0.4, -0.2) is 45.3 Å². The van der Waals surface area contributed by atoms with Crippen molar-refractivity contribution in [1.82, 2.24) is 14.7 Å². The summed E-state index contributed by atoms with van der Waals surface area (Å²) in [5.74, 6) is -1.70. The molecule has 0 saturated heterocycles. The average molecular weight is 253 g/mol. The van der Waals surface area contributed by atoms with Crippen LogP contribution in [0.2, 0.25) is 0 Å². The van der Waals surface area contributed by atoms with Gasteiger partial charge < -0.3 is 10.0 Å². The molecule has 6 nitrogen and oxygen atoms in total. The zero-order valence-electron chi connectivity index (χ0n) is 11.2. The molecule has 1 aromatic heterocycles. The van der Waals surface area contributed by atoms with Gasteiger partial charge in [0, 0.05) is 20.6 Å². The maximum atomic E-state index is 12.1. The minimum atomic E-state index is -0.908. The lowest BCUT2D eigenvalue weighted by Gasteiger charge is -2.19. The van der Waals surface area contributed by atoms with E-state index in [4.69, 9.17) is 5.11 Å². The van der Waals surface area contributed by atoms with E-state index in [1.165, 1.54) is 9.58 Å². The van der Waals surface area contributed by atoms with Crippen molar-refractivity contribution in [2.75, 3.05) is 13.6 Å². The molecule has 0 aromatic carbocycles. The summed E-state index contributed by atoms with van der Waals surface area (Å²) in [5, 5.41) is 13.0.